The quantitative estimate of drug-likeness (QED) is 0.365. The lowest BCUT2D eigenvalue weighted by molar-refractivity contribution is 0.400. The number of nitrogens with one attached hydrogen (secondary N) is 1. The first-order valence-corrected chi connectivity index (χ1v) is 5.69. The molecule has 17 heavy (non-hydrogen) atoms. The molecule has 90 valence electrons. The Bertz CT molecular complexity index is 485. The van der Waals surface area contributed by atoms with Gasteiger partial charge in [-0.1, -0.05) is 11.8 Å². The van der Waals surface area contributed by atoms with Crippen LogP contribution in [-0.4, -0.2) is 23.6 Å². The second-order valence-corrected chi connectivity index (χ2v) is 3.63. The van der Waals surface area contributed by atoms with Crippen molar-refractivity contribution < 1.29 is 14.2 Å². The van der Waals surface area contributed by atoms with E-state index in [0.717, 1.165) is 12.1 Å². The van der Waals surface area contributed by atoms with Gasteiger partial charge in [-0.2, -0.15) is 5.26 Å². The smallest absolute Gasteiger partial charge is 0.183 e. The summed E-state index contributed by atoms with van der Waals surface area (Å²) in [6, 6.07) is 2.15. The molecule has 0 aromatic heterocycles. The third kappa shape index (κ3) is 3.26. The highest BCUT2D eigenvalue weighted by atomic mass is 32.2. The molecule has 0 aliphatic heterocycles. The van der Waals surface area contributed by atoms with E-state index in [0.29, 0.717) is 5.17 Å². The number of halogens is 1. The molecule has 0 saturated heterocycles. The van der Waals surface area contributed by atoms with E-state index in [-0.39, 0.29) is 11.4 Å². The molecule has 0 saturated carbocycles. The van der Waals surface area contributed by atoms with Crippen molar-refractivity contribution in [1.29, 1.82) is 5.26 Å². The summed E-state index contributed by atoms with van der Waals surface area (Å²) in [6.45, 7) is 0. The standard InChI is InChI=1S/C10H10FN3O2S/c1-16-9-3-6(11)8(15)4-7(9)14-10(17-2)13-5-12/h3-4,15H,1-2H3,(H,13,14). The van der Waals surface area contributed by atoms with Gasteiger partial charge in [0.25, 0.3) is 0 Å². The van der Waals surface area contributed by atoms with Gasteiger partial charge in [0.05, 0.1) is 7.11 Å². The predicted octanol–water partition coefficient (Wildman–Crippen LogP) is 1.96. The predicted molar refractivity (Wildman–Crippen MR) is 64.0 cm³/mol. The Hall–Kier alpha value is -1.94. The van der Waals surface area contributed by atoms with Crippen molar-refractivity contribution in [2.45, 2.75) is 0 Å². The fourth-order valence-electron chi connectivity index (χ4n) is 1.07. The van der Waals surface area contributed by atoms with Gasteiger partial charge >= 0.3 is 0 Å². The number of nitriles is 1. The molecular formula is C10H10FN3O2S. The zero-order chi connectivity index (χ0) is 12.8. The summed E-state index contributed by atoms with van der Waals surface area (Å²) in [5.74, 6) is -1.15. The summed E-state index contributed by atoms with van der Waals surface area (Å²) in [4.78, 5) is 4.03. The summed E-state index contributed by atoms with van der Waals surface area (Å²) in [6.07, 6.45) is 3.44. The highest BCUT2D eigenvalue weighted by molar-refractivity contribution is 8.13. The SMILES string of the molecule is COc1cc(F)c(O)cc1N=C(NC#N)SC. The molecular weight excluding hydrogens is 245 g/mol. The third-order valence-corrected chi connectivity index (χ3v) is 2.41. The molecule has 1 aromatic rings. The van der Waals surface area contributed by atoms with Gasteiger partial charge in [-0.3, -0.25) is 5.32 Å². The number of amidine groups is 1. The second kappa shape index (κ2) is 5.96. The van der Waals surface area contributed by atoms with Gasteiger partial charge in [0.1, 0.15) is 11.4 Å². The van der Waals surface area contributed by atoms with Gasteiger partial charge in [-0.15, -0.1) is 0 Å². The molecule has 2 N–H and O–H groups in total. The fourth-order valence-corrected chi connectivity index (χ4v) is 1.40. The van der Waals surface area contributed by atoms with Crippen LogP contribution in [0.15, 0.2) is 17.1 Å². The number of aromatic hydroxyl groups is 1. The van der Waals surface area contributed by atoms with Crippen molar-refractivity contribution in [3.05, 3.63) is 17.9 Å². The maximum Gasteiger partial charge on any atom is 0.183 e. The zero-order valence-electron chi connectivity index (χ0n) is 9.19. The fraction of sp³-hybridized carbons (Fsp3) is 0.200. The van der Waals surface area contributed by atoms with Gasteiger partial charge < -0.3 is 9.84 Å². The van der Waals surface area contributed by atoms with Crippen LogP contribution in [0.25, 0.3) is 0 Å². The number of ether oxygens (including phenoxy) is 1. The number of hydrogen-bond acceptors (Lipinski definition) is 5. The van der Waals surface area contributed by atoms with Gasteiger partial charge in [0.15, 0.2) is 22.9 Å². The molecule has 0 spiro atoms. The lowest BCUT2D eigenvalue weighted by Gasteiger charge is -2.07. The number of phenolic OH excluding ortho intramolecular Hbond substituents is 1. The number of methoxy groups -OCH3 is 1. The number of phenols is 1. The molecule has 0 aliphatic carbocycles. The minimum Gasteiger partial charge on any atom is -0.505 e. The summed E-state index contributed by atoms with van der Waals surface area (Å²) in [7, 11) is 1.36. The van der Waals surface area contributed by atoms with Crippen molar-refractivity contribution in [2.75, 3.05) is 13.4 Å². The molecule has 1 rings (SSSR count). The Kier molecular flexibility index (Phi) is 4.60. The topological polar surface area (TPSA) is 77.6 Å². The molecule has 7 heteroatoms. The molecule has 0 radical (unpaired) electrons. The summed E-state index contributed by atoms with van der Waals surface area (Å²) < 4.78 is 18.0. The van der Waals surface area contributed by atoms with Crippen LogP contribution in [0.2, 0.25) is 0 Å². The molecule has 0 unspecified atom stereocenters. The molecule has 0 heterocycles. The van der Waals surface area contributed by atoms with Crippen LogP contribution in [0.4, 0.5) is 10.1 Å². The van der Waals surface area contributed by atoms with E-state index in [2.05, 4.69) is 10.3 Å². The number of benzene rings is 1. The summed E-state index contributed by atoms with van der Waals surface area (Å²) in [5.41, 5.74) is 0.235. The molecule has 5 nitrogen and oxygen atoms in total. The van der Waals surface area contributed by atoms with Crippen molar-refractivity contribution >= 4 is 22.6 Å². The van der Waals surface area contributed by atoms with E-state index < -0.39 is 11.6 Å². The highest BCUT2D eigenvalue weighted by Crippen LogP contribution is 2.33. The zero-order valence-corrected chi connectivity index (χ0v) is 10.0. The first kappa shape index (κ1) is 13.1. The average molecular weight is 255 g/mol. The van der Waals surface area contributed by atoms with Crippen LogP contribution in [0.3, 0.4) is 0 Å². The minimum atomic E-state index is -0.792. The number of thioether (sulfide) groups is 1. The largest absolute Gasteiger partial charge is 0.505 e. The Labute approximate surface area is 102 Å². The monoisotopic (exact) mass is 255 g/mol. The number of aliphatic imine (C=N–C) groups is 1. The molecule has 1 aromatic carbocycles. The maximum absolute atomic E-state index is 13.1. The van der Waals surface area contributed by atoms with Crippen LogP contribution >= 0.6 is 11.8 Å². The van der Waals surface area contributed by atoms with E-state index in [9.17, 15) is 9.50 Å². The maximum atomic E-state index is 13.1. The molecule has 0 aliphatic rings. The van der Waals surface area contributed by atoms with Crippen LogP contribution in [-0.2, 0) is 0 Å². The van der Waals surface area contributed by atoms with Crippen LogP contribution in [0.1, 0.15) is 0 Å². The Balaban J connectivity index is 3.21. The summed E-state index contributed by atoms with van der Waals surface area (Å²) in [5, 5.41) is 20.4. The first-order chi connectivity index (χ1) is 8.12. The van der Waals surface area contributed by atoms with E-state index >= 15 is 0 Å². The Morgan fingerprint density at radius 2 is 2.35 bits per heavy atom. The van der Waals surface area contributed by atoms with Gasteiger partial charge in [-0.25, -0.2) is 9.38 Å². The molecule has 0 fully saturated rings. The Morgan fingerprint density at radius 3 is 2.88 bits per heavy atom. The van der Waals surface area contributed by atoms with Crippen LogP contribution < -0.4 is 10.1 Å². The molecule has 0 atom stereocenters. The van der Waals surface area contributed by atoms with Crippen LogP contribution in [0.5, 0.6) is 11.5 Å². The average Bonchev–Trinajstić information content (AvgIpc) is 2.32. The highest BCUT2D eigenvalue weighted by Gasteiger charge is 2.10. The van der Waals surface area contributed by atoms with Gasteiger partial charge in [0, 0.05) is 12.1 Å². The van der Waals surface area contributed by atoms with Crippen molar-refractivity contribution in [2.24, 2.45) is 4.99 Å². The van der Waals surface area contributed by atoms with Crippen molar-refractivity contribution in [3.63, 3.8) is 0 Å². The summed E-state index contributed by atoms with van der Waals surface area (Å²) >= 11 is 1.20. The Morgan fingerprint density at radius 1 is 1.65 bits per heavy atom. The van der Waals surface area contributed by atoms with E-state index in [4.69, 9.17) is 10.00 Å². The third-order valence-electron chi connectivity index (χ3n) is 1.83. The second-order valence-electron chi connectivity index (χ2n) is 2.83. The molecule has 0 amide bonds. The van der Waals surface area contributed by atoms with E-state index in [1.807, 2.05) is 0 Å². The van der Waals surface area contributed by atoms with Gasteiger partial charge in [0.2, 0.25) is 0 Å². The molecule has 0 bridgehead atoms. The minimum absolute atomic E-state index is 0.173. The number of hydrogen-bond donors (Lipinski definition) is 2. The first-order valence-electron chi connectivity index (χ1n) is 4.46. The van der Waals surface area contributed by atoms with E-state index in [1.54, 1.807) is 12.4 Å². The van der Waals surface area contributed by atoms with Crippen molar-refractivity contribution in [3.8, 4) is 17.7 Å². The number of rotatable bonds is 2. The number of nitrogens with zero attached hydrogens (tertiary/aromatic N) is 2. The van der Waals surface area contributed by atoms with E-state index in [1.165, 1.54) is 18.9 Å². The van der Waals surface area contributed by atoms with Crippen LogP contribution in [0, 0.1) is 17.3 Å². The van der Waals surface area contributed by atoms with Crippen molar-refractivity contribution in [1.82, 2.24) is 5.32 Å². The van der Waals surface area contributed by atoms with Gasteiger partial charge in [-0.05, 0) is 6.26 Å². The normalized spacial score (nSPS) is 10.8. The lowest BCUT2D eigenvalue weighted by atomic mass is 10.2. The lowest BCUT2D eigenvalue weighted by Crippen LogP contribution is -2.12.